The zero-order valence-corrected chi connectivity index (χ0v) is 23.5. The van der Waals surface area contributed by atoms with Gasteiger partial charge in [0, 0.05) is 44.2 Å². The topological polar surface area (TPSA) is 61.4 Å². The Kier molecular flexibility index (Phi) is 10.7. The number of carbonyl (C=O) groups excluding carboxylic acids is 2. The van der Waals surface area contributed by atoms with E-state index in [9.17, 15) is 9.59 Å². The standard InChI is InChI=1S/C30H43N3O2S/c1-6-21(3)17-18-36-29(35)20-23-13-16-25-26(30(23)31-7-2)9-8-10-27(25)32-24-14-11-22(12-15-24)19-28(34)33(4)5/h11-16,21,27,31-32H,6-10,17-20H2,1-5H3. The van der Waals surface area contributed by atoms with Crippen molar-refractivity contribution in [1.29, 1.82) is 0 Å². The van der Waals surface area contributed by atoms with Crippen molar-refractivity contribution >= 4 is 34.2 Å². The van der Waals surface area contributed by atoms with Gasteiger partial charge in [-0.3, -0.25) is 9.59 Å². The summed E-state index contributed by atoms with van der Waals surface area (Å²) in [4.78, 5) is 26.4. The minimum absolute atomic E-state index is 0.107. The van der Waals surface area contributed by atoms with Crippen LogP contribution in [-0.2, 0) is 28.9 Å². The number of nitrogens with one attached hydrogen (secondary N) is 2. The van der Waals surface area contributed by atoms with Crippen LogP contribution in [0.25, 0.3) is 0 Å². The minimum Gasteiger partial charge on any atom is -0.385 e. The molecule has 1 aliphatic rings. The molecule has 36 heavy (non-hydrogen) atoms. The first kappa shape index (κ1) is 28.1. The van der Waals surface area contributed by atoms with E-state index >= 15 is 0 Å². The molecule has 0 bridgehead atoms. The lowest BCUT2D eigenvalue weighted by molar-refractivity contribution is -0.128. The van der Waals surface area contributed by atoms with Crippen LogP contribution in [0, 0.1) is 5.92 Å². The zero-order valence-electron chi connectivity index (χ0n) is 22.7. The van der Waals surface area contributed by atoms with Crippen LogP contribution in [0.2, 0.25) is 0 Å². The summed E-state index contributed by atoms with van der Waals surface area (Å²) in [5.41, 5.74) is 7.04. The van der Waals surface area contributed by atoms with E-state index in [1.165, 1.54) is 29.3 Å². The molecule has 1 amide bonds. The molecule has 2 unspecified atom stereocenters. The SMILES string of the molecule is CCNc1c(CC(=O)SCCC(C)CC)ccc2c1CCCC2Nc1ccc(CC(=O)N(C)C)cc1. The van der Waals surface area contributed by atoms with Crippen LogP contribution >= 0.6 is 11.8 Å². The summed E-state index contributed by atoms with van der Waals surface area (Å²) in [6.07, 6.45) is 6.37. The maximum Gasteiger partial charge on any atom is 0.226 e. The monoisotopic (exact) mass is 509 g/mol. The van der Waals surface area contributed by atoms with Crippen molar-refractivity contribution in [1.82, 2.24) is 4.90 Å². The van der Waals surface area contributed by atoms with Crippen LogP contribution < -0.4 is 10.6 Å². The maximum atomic E-state index is 12.7. The highest BCUT2D eigenvalue weighted by Gasteiger charge is 2.24. The number of hydrogen-bond donors (Lipinski definition) is 2. The third kappa shape index (κ3) is 7.76. The fourth-order valence-electron chi connectivity index (χ4n) is 4.68. The van der Waals surface area contributed by atoms with Crippen LogP contribution in [-0.4, -0.2) is 42.3 Å². The first-order valence-electron chi connectivity index (χ1n) is 13.4. The van der Waals surface area contributed by atoms with E-state index in [2.05, 4.69) is 55.7 Å². The molecule has 3 rings (SSSR count). The Morgan fingerprint density at radius 3 is 2.50 bits per heavy atom. The van der Waals surface area contributed by atoms with Crippen molar-refractivity contribution < 1.29 is 9.59 Å². The van der Waals surface area contributed by atoms with Gasteiger partial charge in [-0.1, -0.05) is 56.3 Å². The number of thioether (sulfide) groups is 1. The lowest BCUT2D eigenvalue weighted by Gasteiger charge is -2.30. The Bertz CT molecular complexity index is 1020. The van der Waals surface area contributed by atoms with Crippen molar-refractivity contribution in [3.05, 3.63) is 58.7 Å². The molecule has 2 aromatic rings. The maximum absolute atomic E-state index is 12.7. The fourth-order valence-corrected chi connectivity index (χ4v) is 5.68. The molecule has 0 saturated heterocycles. The van der Waals surface area contributed by atoms with E-state index in [0.29, 0.717) is 18.8 Å². The smallest absolute Gasteiger partial charge is 0.226 e. The second-order valence-corrected chi connectivity index (χ2v) is 11.3. The quantitative estimate of drug-likeness (QED) is 0.343. The predicted molar refractivity (Wildman–Crippen MR) is 154 cm³/mol. The molecule has 6 heteroatoms. The Labute approximate surface area is 221 Å². The number of nitrogens with zero attached hydrogens (tertiary/aromatic N) is 1. The van der Waals surface area contributed by atoms with E-state index in [4.69, 9.17) is 0 Å². The van der Waals surface area contributed by atoms with Gasteiger partial charge in [0.1, 0.15) is 0 Å². The highest BCUT2D eigenvalue weighted by molar-refractivity contribution is 8.13. The van der Waals surface area contributed by atoms with Crippen molar-refractivity contribution in [2.45, 2.75) is 71.8 Å². The Morgan fingerprint density at radius 2 is 1.83 bits per heavy atom. The molecular weight excluding hydrogens is 466 g/mol. The molecule has 5 nitrogen and oxygen atoms in total. The highest BCUT2D eigenvalue weighted by Crippen LogP contribution is 2.38. The molecule has 0 radical (unpaired) electrons. The van der Waals surface area contributed by atoms with Crippen molar-refractivity contribution in [2.24, 2.45) is 5.92 Å². The van der Waals surface area contributed by atoms with Crippen molar-refractivity contribution in [3.8, 4) is 0 Å². The zero-order chi connectivity index (χ0) is 26.1. The molecule has 1 aliphatic carbocycles. The number of fused-ring (bicyclic) bond motifs is 1. The van der Waals surface area contributed by atoms with E-state index in [1.54, 1.807) is 19.0 Å². The number of rotatable bonds is 12. The van der Waals surface area contributed by atoms with Gasteiger partial charge in [0.25, 0.3) is 0 Å². The summed E-state index contributed by atoms with van der Waals surface area (Å²) in [5.74, 6) is 1.69. The minimum atomic E-state index is 0.107. The van der Waals surface area contributed by atoms with Crippen molar-refractivity contribution in [2.75, 3.05) is 37.0 Å². The van der Waals surface area contributed by atoms with Gasteiger partial charge in [0.2, 0.25) is 5.91 Å². The van der Waals surface area contributed by atoms with E-state index in [1.807, 2.05) is 12.1 Å². The molecule has 0 fully saturated rings. The van der Waals surface area contributed by atoms with E-state index in [-0.39, 0.29) is 17.1 Å². The average molecular weight is 510 g/mol. The van der Waals surface area contributed by atoms with Crippen LogP contribution in [0.15, 0.2) is 36.4 Å². The normalized spacial score (nSPS) is 15.6. The summed E-state index contributed by atoms with van der Waals surface area (Å²) in [5, 5.41) is 7.57. The fraction of sp³-hybridized carbons (Fsp3) is 0.533. The van der Waals surface area contributed by atoms with Gasteiger partial charge in [-0.2, -0.15) is 0 Å². The molecule has 2 aromatic carbocycles. The largest absolute Gasteiger partial charge is 0.385 e. The molecule has 2 atom stereocenters. The lowest BCUT2D eigenvalue weighted by Crippen LogP contribution is -2.23. The van der Waals surface area contributed by atoms with E-state index in [0.717, 1.165) is 60.5 Å². The third-order valence-corrected chi connectivity index (χ3v) is 8.04. The molecule has 2 N–H and O–H groups in total. The second-order valence-electron chi connectivity index (χ2n) is 10.1. The molecular formula is C30H43N3O2S. The van der Waals surface area contributed by atoms with Gasteiger partial charge < -0.3 is 15.5 Å². The molecule has 0 aliphatic heterocycles. The number of anilines is 2. The lowest BCUT2D eigenvalue weighted by atomic mass is 9.84. The Balaban J connectivity index is 1.72. The van der Waals surface area contributed by atoms with Crippen LogP contribution in [0.5, 0.6) is 0 Å². The number of benzene rings is 2. The van der Waals surface area contributed by atoms with E-state index < -0.39 is 0 Å². The molecule has 196 valence electrons. The Hall–Kier alpha value is -2.47. The highest BCUT2D eigenvalue weighted by atomic mass is 32.2. The summed E-state index contributed by atoms with van der Waals surface area (Å²) in [6.45, 7) is 7.42. The number of amides is 1. The average Bonchev–Trinajstić information content (AvgIpc) is 2.86. The van der Waals surface area contributed by atoms with Crippen LogP contribution in [0.3, 0.4) is 0 Å². The van der Waals surface area contributed by atoms with Gasteiger partial charge in [0.15, 0.2) is 5.12 Å². The van der Waals surface area contributed by atoms with Crippen LogP contribution in [0.1, 0.15) is 74.8 Å². The predicted octanol–water partition coefficient (Wildman–Crippen LogP) is 6.48. The first-order valence-corrected chi connectivity index (χ1v) is 14.4. The molecule has 0 saturated carbocycles. The number of likely N-dealkylation sites (N-methyl/N-ethyl adjacent to an activating group) is 1. The first-order chi connectivity index (χ1) is 17.3. The van der Waals surface area contributed by atoms with Gasteiger partial charge in [-0.05, 0) is 72.9 Å². The van der Waals surface area contributed by atoms with Gasteiger partial charge in [-0.25, -0.2) is 0 Å². The molecule has 0 heterocycles. The molecule has 0 spiro atoms. The summed E-state index contributed by atoms with van der Waals surface area (Å²) >= 11 is 1.48. The van der Waals surface area contributed by atoms with Gasteiger partial charge in [0.05, 0.1) is 12.5 Å². The summed E-state index contributed by atoms with van der Waals surface area (Å²) in [6, 6.07) is 12.8. The third-order valence-electron chi connectivity index (χ3n) is 7.14. The summed E-state index contributed by atoms with van der Waals surface area (Å²) in [7, 11) is 3.57. The Morgan fingerprint density at radius 1 is 1.08 bits per heavy atom. The second kappa shape index (κ2) is 13.7. The van der Waals surface area contributed by atoms with Gasteiger partial charge >= 0.3 is 0 Å². The summed E-state index contributed by atoms with van der Waals surface area (Å²) < 4.78 is 0. The number of carbonyl (C=O) groups is 2. The van der Waals surface area contributed by atoms with Crippen molar-refractivity contribution in [3.63, 3.8) is 0 Å². The van der Waals surface area contributed by atoms with Crippen LogP contribution in [0.4, 0.5) is 11.4 Å². The molecule has 0 aromatic heterocycles. The number of hydrogen-bond acceptors (Lipinski definition) is 5. The van der Waals surface area contributed by atoms with Gasteiger partial charge in [-0.15, -0.1) is 0 Å².